The Morgan fingerprint density at radius 2 is 2.32 bits per heavy atom. The molecule has 1 aliphatic heterocycles. The van der Waals surface area contributed by atoms with Gasteiger partial charge in [0.15, 0.2) is 4.87 Å². The topological polar surface area (TPSA) is 45.6 Å². The van der Waals surface area contributed by atoms with Crippen LogP contribution in [-0.2, 0) is 16.1 Å². The Labute approximate surface area is 148 Å². The number of fused-ring (bicyclic) bond motifs is 2. The Balaban J connectivity index is 1.80. The van der Waals surface area contributed by atoms with Gasteiger partial charge in [-0.2, -0.15) is 5.10 Å². The van der Waals surface area contributed by atoms with E-state index in [0.717, 1.165) is 24.1 Å². The van der Waals surface area contributed by atoms with Crippen LogP contribution in [0.4, 0.5) is 8.78 Å². The van der Waals surface area contributed by atoms with E-state index < -0.39 is 16.9 Å². The predicted octanol–water partition coefficient (Wildman–Crippen LogP) is 4.00. The zero-order chi connectivity index (χ0) is 17.6. The van der Waals surface area contributed by atoms with Gasteiger partial charge in [-0.1, -0.05) is 17.8 Å². The highest BCUT2D eigenvalue weighted by Gasteiger charge is 2.51. The molecule has 2 aliphatic carbocycles. The lowest BCUT2D eigenvalue weighted by Crippen LogP contribution is -2.43. The summed E-state index contributed by atoms with van der Waals surface area (Å²) in [6, 6.07) is 3.87. The van der Waals surface area contributed by atoms with Crippen LogP contribution in [0.15, 0.2) is 47.0 Å². The number of amides is 1. The summed E-state index contributed by atoms with van der Waals surface area (Å²) in [5.41, 5.74) is 2.07. The number of allylic oxidation sites excluding steroid dienone is 3. The molecule has 130 valence electrons. The highest BCUT2D eigenvalue weighted by Crippen LogP contribution is 2.53. The molecule has 0 aromatic carbocycles. The van der Waals surface area contributed by atoms with E-state index in [2.05, 4.69) is 10.1 Å². The second kappa shape index (κ2) is 6.05. The number of alkyl halides is 1. The lowest BCUT2D eigenvalue weighted by Gasteiger charge is -2.38. The summed E-state index contributed by atoms with van der Waals surface area (Å²) in [5.74, 6) is -0.700. The summed E-state index contributed by atoms with van der Waals surface area (Å²) in [4.78, 5) is 16.0. The fourth-order valence-electron chi connectivity index (χ4n) is 3.61. The van der Waals surface area contributed by atoms with Crippen molar-refractivity contribution in [1.82, 2.24) is 9.99 Å². The minimum Gasteiger partial charge on any atom is -0.273 e. The number of carbonyl (C=O) groups excluding carboxylic acids is 1. The van der Waals surface area contributed by atoms with Gasteiger partial charge in [-0.3, -0.25) is 9.78 Å². The van der Waals surface area contributed by atoms with E-state index in [1.54, 1.807) is 6.20 Å². The average molecular weight is 361 g/mol. The number of aryl methyl sites for hydroxylation is 1. The third-order valence-electron chi connectivity index (χ3n) is 4.72. The molecular formula is C18H17F2N3OS. The minimum atomic E-state index is -1.32. The van der Waals surface area contributed by atoms with Crippen molar-refractivity contribution in [1.29, 1.82) is 0 Å². The first kappa shape index (κ1) is 16.4. The third kappa shape index (κ3) is 2.61. The summed E-state index contributed by atoms with van der Waals surface area (Å²) >= 11 is 1.32. The maximum absolute atomic E-state index is 14.4. The Morgan fingerprint density at radius 3 is 3.12 bits per heavy atom. The normalized spacial score (nSPS) is 28.4. The molecule has 2 heterocycles. The van der Waals surface area contributed by atoms with Crippen LogP contribution in [0.1, 0.15) is 37.4 Å². The monoisotopic (exact) mass is 361 g/mol. The van der Waals surface area contributed by atoms with Crippen molar-refractivity contribution in [3.8, 4) is 0 Å². The molecular weight excluding hydrogens is 344 g/mol. The van der Waals surface area contributed by atoms with Crippen LogP contribution in [-0.4, -0.2) is 27.1 Å². The second-order valence-electron chi connectivity index (χ2n) is 6.38. The SMILES string of the molecule is CC(=O)N1N=C(C2=CC(F)=CCC2F)SC12CCCc1cccnc12. The van der Waals surface area contributed by atoms with Gasteiger partial charge in [0, 0.05) is 25.1 Å². The molecule has 25 heavy (non-hydrogen) atoms. The van der Waals surface area contributed by atoms with Crippen molar-refractivity contribution < 1.29 is 13.6 Å². The minimum absolute atomic E-state index is 0.0147. The van der Waals surface area contributed by atoms with E-state index in [-0.39, 0.29) is 17.9 Å². The Hall–Kier alpha value is -2.02. The standard InChI is InChI=1S/C18H17F2N3OS/c1-11(24)23-18(8-2-4-12-5-3-9-21-16(12)18)25-17(22-23)14-10-13(19)6-7-15(14)20/h3,5-6,9-10,15H,2,4,7-8H2,1H3. The van der Waals surface area contributed by atoms with Crippen molar-refractivity contribution in [3.05, 3.63) is 53.1 Å². The van der Waals surface area contributed by atoms with Crippen LogP contribution in [0.5, 0.6) is 0 Å². The highest BCUT2D eigenvalue weighted by molar-refractivity contribution is 8.15. The van der Waals surface area contributed by atoms with Crippen LogP contribution in [0.25, 0.3) is 0 Å². The lowest BCUT2D eigenvalue weighted by atomic mass is 9.90. The number of hydrazone groups is 1. The number of carbonyl (C=O) groups is 1. The van der Waals surface area contributed by atoms with Gasteiger partial charge in [0.2, 0.25) is 5.91 Å². The van der Waals surface area contributed by atoms with Crippen LogP contribution in [0.3, 0.4) is 0 Å². The molecule has 0 N–H and O–H groups in total. The first-order valence-corrected chi connectivity index (χ1v) is 9.07. The van der Waals surface area contributed by atoms with E-state index in [4.69, 9.17) is 0 Å². The molecule has 0 fully saturated rings. The lowest BCUT2D eigenvalue weighted by molar-refractivity contribution is -0.132. The van der Waals surface area contributed by atoms with Gasteiger partial charge >= 0.3 is 0 Å². The van der Waals surface area contributed by atoms with Crippen molar-refractivity contribution in [2.75, 3.05) is 0 Å². The largest absolute Gasteiger partial charge is 0.273 e. The van der Waals surface area contributed by atoms with Crippen LogP contribution >= 0.6 is 11.8 Å². The Kier molecular flexibility index (Phi) is 3.98. The van der Waals surface area contributed by atoms with E-state index in [0.29, 0.717) is 11.5 Å². The van der Waals surface area contributed by atoms with Crippen LogP contribution < -0.4 is 0 Å². The number of thioether (sulfide) groups is 1. The molecule has 2 atom stereocenters. The molecule has 0 saturated heterocycles. The Bertz CT molecular complexity index is 835. The van der Waals surface area contributed by atoms with Crippen molar-refractivity contribution in [2.45, 2.75) is 43.6 Å². The van der Waals surface area contributed by atoms with E-state index in [1.807, 2.05) is 12.1 Å². The number of hydrogen-bond donors (Lipinski definition) is 0. The van der Waals surface area contributed by atoms with Crippen molar-refractivity contribution in [2.24, 2.45) is 5.10 Å². The van der Waals surface area contributed by atoms with E-state index in [9.17, 15) is 13.6 Å². The fraction of sp³-hybridized carbons (Fsp3) is 0.389. The summed E-state index contributed by atoms with van der Waals surface area (Å²) < 4.78 is 28.0. The van der Waals surface area contributed by atoms with Gasteiger partial charge in [-0.25, -0.2) is 13.8 Å². The maximum Gasteiger partial charge on any atom is 0.241 e. The number of hydrogen-bond acceptors (Lipinski definition) is 4. The molecule has 0 saturated carbocycles. The summed E-state index contributed by atoms with van der Waals surface area (Å²) in [6.07, 6.45) is 5.22. The number of rotatable bonds is 1. The van der Waals surface area contributed by atoms with Crippen molar-refractivity contribution >= 4 is 22.7 Å². The summed E-state index contributed by atoms with van der Waals surface area (Å²) in [5, 5.41) is 6.16. The zero-order valence-corrected chi connectivity index (χ0v) is 14.5. The van der Waals surface area contributed by atoms with Crippen molar-refractivity contribution in [3.63, 3.8) is 0 Å². The summed E-state index contributed by atoms with van der Waals surface area (Å²) in [7, 11) is 0. The van der Waals surface area contributed by atoms with E-state index in [1.165, 1.54) is 35.8 Å². The fourth-order valence-corrected chi connectivity index (χ4v) is 5.14. The quantitative estimate of drug-likeness (QED) is 0.759. The van der Waals surface area contributed by atoms with Gasteiger partial charge in [0.25, 0.3) is 0 Å². The molecule has 4 nitrogen and oxygen atoms in total. The number of pyridine rings is 1. The number of aromatic nitrogens is 1. The maximum atomic E-state index is 14.4. The van der Waals surface area contributed by atoms with Gasteiger partial charge in [-0.05, 0) is 43.0 Å². The molecule has 0 bridgehead atoms. The van der Waals surface area contributed by atoms with E-state index >= 15 is 0 Å². The number of nitrogens with zero attached hydrogens (tertiary/aromatic N) is 3. The summed E-state index contributed by atoms with van der Waals surface area (Å²) in [6.45, 7) is 1.44. The van der Waals surface area contributed by atoms with Gasteiger partial charge in [0.1, 0.15) is 17.0 Å². The number of halogens is 2. The Morgan fingerprint density at radius 1 is 1.48 bits per heavy atom. The highest BCUT2D eigenvalue weighted by atomic mass is 32.2. The average Bonchev–Trinajstić information content (AvgIpc) is 2.98. The molecule has 1 aromatic heterocycles. The van der Waals surface area contributed by atoms with Gasteiger partial charge in [0.05, 0.1) is 5.69 Å². The molecule has 0 radical (unpaired) electrons. The smallest absolute Gasteiger partial charge is 0.241 e. The molecule has 1 spiro atoms. The molecule has 3 aliphatic rings. The zero-order valence-electron chi connectivity index (χ0n) is 13.7. The third-order valence-corrected chi connectivity index (χ3v) is 6.14. The van der Waals surface area contributed by atoms with Crippen LogP contribution in [0.2, 0.25) is 0 Å². The molecule has 7 heteroatoms. The van der Waals surface area contributed by atoms with Gasteiger partial charge in [-0.15, -0.1) is 0 Å². The van der Waals surface area contributed by atoms with Crippen LogP contribution in [0, 0.1) is 0 Å². The first-order chi connectivity index (χ1) is 12.0. The first-order valence-electron chi connectivity index (χ1n) is 8.26. The predicted molar refractivity (Wildman–Crippen MR) is 93.2 cm³/mol. The molecule has 1 aromatic rings. The van der Waals surface area contributed by atoms with Gasteiger partial charge < -0.3 is 0 Å². The molecule has 2 unspecified atom stereocenters. The second-order valence-corrected chi connectivity index (χ2v) is 7.65. The molecule has 1 amide bonds. The molecule has 4 rings (SSSR count).